The van der Waals surface area contributed by atoms with Crippen LogP contribution in [-0.2, 0) is 0 Å². The molecule has 0 radical (unpaired) electrons. The molecule has 0 saturated carbocycles. The van der Waals surface area contributed by atoms with Crippen LogP contribution >= 0.6 is 15.9 Å². The molecule has 0 bridgehead atoms. The lowest BCUT2D eigenvalue weighted by molar-refractivity contribution is 0.101. The standard InChI is InChI=1S/C21H17BrN2O2/c1-13-19(9-10-20(23-13)16-6-3-7-17(22)11-16)21(26)24-18-8-4-5-15(12-18)14(2)25/h3-12H,1-2H3,(H,24,26). The molecule has 26 heavy (non-hydrogen) atoms. The Kier molecular flexibility index (Phi) is 5.28. The molecule has 3 aromatic rings. The maximum absolute atomic E-state index is 12.6. The second kappa shape index (κ2) is 7.62. The molecule has 0 aliphatic carbocycles. The first-order chi connectivity index (χ1) is 12.4. The fourth-order valence-electron chi connectivity index (χ4n) is 2.62. The van der Waals surface area contributed by atoms with Crippen molar-refractivity contribution >= 4 is 33.3 Å². The van der Waals surface area contributed by atoms with Crippen LogP contribution in [-0.4, -0.2) is 16.7 Å². The summed E-state index contributed by atoms with van der Waals surface area (Å²) in [5.41, 5.74) is 4.06. The number of anilines is 1. The average Bonchev–Trinajstić information content (AvgIpc) is 2.61. The first-order valence-corrected chi connectivity index (χ1v) is 8.89. The normalized spacial score (nSPS) is 10.4. The quantitative estimate of drug-likeness (QED) is 0.597. The van der Waals surface area contributed by atoms with Crippen LogP contribution in [0.5, 0.6) is 0 Å². The van der Waals surface area contributed by atoms with Crippen molar-refractivity contribution in [1.29, 1.82) is 0 Å². The van der Waals surface area contributed by atoms with Crippen molar-refractivity contribution in [1.82, 2.24) is 4.98 Å². The minimum absolute atomic E-state index is 0.0441. The SMILES string of the molecule is CC(=O)c1cccc(NC(=O)c2ccc(-c3cccc(Br)c3)nc2C)c1. The monoisotopic (exact) mass is 408 g/mol. The van der Waals surface area contributed by atoms with Crippen molar-refractivity contribution in [3.63, 3.8) is 0 Å². The lowest BCUT2D eigenvalue weighted by Crippen LogP contribution is -2.14. The smallest absolute Gasteiger partial charge is 0.257 e. The minimum Gasteiger partial charge on any atom is -0.322 e. The topological polar surface area (TPSA) is 59.1 Å². The summed E-state index contributed by atoms with van der Waals surface area (Å²) in [5, 5.41) is 2.82. The molecule has 0 spiro atoms. The summed E-state index contributed by atoms with van der Waals surface area (Å²) in [6.45, 7) is 3.30. The van der Waals surface area contributed by atoms with Gasteiger partial charge in [-0.25, -0.2) is 0 Å². The molecule has 0 aliphatic heterocycles. The van der Waals surface area contributed by atoms with Gasteiger partial charge in [-0.05, 0) is 50.2 Å². The van der Waals surface area contributed by atoms with Gasteiger partial charge < -0.3 is 5.32 Å². The van der Waals surface area contributed by atoms with E-state index in [-0.39, 0.29) is 11.7 Å². The molecule has 1 heterocycles. The molecular weight excluding hydrogens is 392 g/mol. The molecule has 0 unspecified atom stereocenters. The Morgan fingerprint density at radius 3 is 2.46 bits per heavy atom. The lowest BCUT2D eigenvalue weighted by atomic mass is 10.1. The molecule has 0 aliphatic rings. The minimum atomic E-state index is -0.253. The molecule has 1 N–H and O–H groups in total. The van der Waals surface area contributed by atoms with Crippen LogP contribution in [0.15, 0.2) is 65.1 Å². The van der Waals surface area contributed by atoms with Crippen molar-refractivity contribution < 1.29 is 9.59 Å². The summed E-state index contributed by atoms with van der Waals surface area (Å²) in [6.07, 6.45) is 0. The third-order valence-electron chi connectivity index (χ3n) is 3.98. The van der Waals surface area contributed by atoms with E-state index in [1.54, 1.807) is 30.3 Å². The van der Waals surface area contributed by atoms with Gasteiger partial charge in [0.15, 0.2) is 5.78 Å². The third-order valence-corrected chi connectivity index (χ3v) is 4.47. The summed E-state index contributed by atoms with van der Waals surface area (Å²) in [4.78, 5) is 28.6. The molecule has 0 atom stereocenters. The Morgan fingerprint density at radius 1 is 1.00 bits per heavy atom. The van der Waals surface area contributed by atoms with Crippen LogP contribution < -0.4 is 5.32 Å². The second-order valence-electron chi connectivity index (χ2n) is 5.93. The summed E-state index contributed by atoms with van der Waals surface area (Å²) in [5.74, 6) is -0.297. The Morgan fingerprint density at radius 2 is 1.77 bits per heavy atom. The van der Waals surface area contributed by atoms with Gasteiger partial charge in [0.2, 0.25) is 0 Å². The van der Waals surface area contributed by atoms with Crippen LogP contribution in [0.4, 0.5) is 5.69 Å². The predicted molar refractivity (Wildman–Crippen MR) is 107 cm³/mol. The molecule has 0 saturated heterocycles. The Bertz CT molecular complexity index is 999. The number of carbonyl (C=O) groups is 2. The molecular formula is C21H17BrN2O2. The van der Waals surface area contributed by atoms with Gasteiger partial charge in [0.1, 0.15) is 0 Å². The average molecular weight is 409 g/mol. The summed E-state index contributed by atoms with van der Waals surface area (Å²) in [7, 11) is 0. The largest absolute Gasteiger partial charge is 0.322 e. The van der Waals surface area contributed by atoms with Crippen molar-refractivity contribution in [2.24, 2.45) is 0 Å². The summed E-state index contributed by atoms with van der Waals surface area (Å²) in [6, 6.07) is 18.3. The number of aryl methyl sites for hydroxylation is 1. The van der Waals surface area contributed by atoms with E-state index in [0.717, 1.165) is 15.7 Å². The maximum atomic E-state index is 12.6. The number of carbonyl (C=O) groups excluding carboxylic acids is 2. The van der Waals surface area contributed by atoms with Crippen LogP contribution in [0.3, 0.4) is 0 Å². The number of hydrogen-bond donors (Lipinski definition) is 1. The number of halogens is 1. The van der Waals surface area contributed by atoms with E-state index in [1.165, 1.54) is 6.92 Å². The van der Waals surface area contributed by atoms with E-state index in [0.29, 0.717) is 22.5 Å². The van der Waals surface area contributed by atoms with Gasteiger partial charge in [-0.15, -0.1) is 0 Å². The number of Topliss-reactive ketones (excluding diaryl/α,β-unsaturated/α-hetero) is 1. The summed E-state index contributed by atoms with van der Waals surface area (Å²) < 4.78 is 0.974. The van der Waals surface area contributed by atoms with Crippen molar-refractivity contribution in [2.75, 3.05) is 5.32 Å². The van der Waals surface area contributed by atoms with Gasteiger partial charge in [0.05, 0.1) is 17.0 Å². The molecule has 130 valence electrons. The van der Waals surface area contributed by atoms with Gasteiger partial charge in [0, 0.05) is 21.3 Å². The first kappa shape index (κ1) is 18.0. The van der Waals surface area contributed by atoms with Gasteiger partial charge in [-0.3, -0.25) is 14.6 Å². The van der Waals surface area contributed by atoms with E-state index in [1.807, 2.05) is 37.3 Å². The number of benzene rings is 2. The summed E-state index contributed by atoms with van der Waals surface area (Å²) >= 11 is 3.45. The zero-order chi connectivity index (χ0) is 18.7. The van der Waals surface area contributed by atoms with Crippen LogP contribution in [0.2, 0.25) is 0 Å². The highest BCUT2D eigenvalue weighted by Gasteiger charge is 2.12. The highest BCUT2D eigenvalue weighted by atomic mass is 79.9. The zero-order valence-electron chi connectivity index (χ0n) is 14.4. The van der Waals surface area contributed by atoms with Crippen molar-refractivity contribution in [3.05, 3.63) is 82.0 Å². The van der Waals surface area contributed by atoms with Crippen molar-refractivity contribution in [3.8, 4) is 11.3 Å². The van der Waals surface area contributed by atoms with E-state index >= 15 is 0 Å². The van der Waals surface area contributed by atoms with Gasteiger partial charge in [0.25, 0.3) is 5.91 Å². The molecule has 1 amide bonds. The lowest BCUT2D eigenvalue weighted by Gasteiger charge is -2.10. The van der Waals surface area contributed by atoms with Crippen molar-refractivity contribution in [2.45, 2.75) is 13.8 Å². The highest BCUT2D eigenvalue weighted by molar-refractivity contribution is 9.10. The van der Waals surface area contributed by atoms with Gasteiger partial charge in [-0.1, -0.05) is 40.2 Å². The number of ketones is 1. The Hall–Kier alpha value is -2.79. The molecule has 0 fully saturated rings. The molecule has 5 heteroatoms. The number of amides is 1. The predicted octanol–water partition coefficient (Wildman–Crippen LogP) is 5.27. The molecule has 3 rings (SSSR count). The zero-order valence-corrected chi connectivity index (χ0v) is 16.0. The maximum Gasteiger partial charge on any atom is 0.257 e. The molecule has 4 nitrogen and oxygen atoms in total. The first-order valence-electron chi connectivity index (χ1n) is 8.10. The van der Waals surface area contributed by atoms with E-state index in [4.69, 9.17) is 0 Å². The van der Waals surface area contributed by atoms with Gasteiger partial charge in [-0.2, -0.15) is 0 Å². The van der Waals surface area contributed by atoms with E-state index in [9.17, 15) is 9.59 Å². The van der Waals surface area contributed by atoms with Crippen LogP contribution in [0.25, 0.3) is 11.3 Å². The number of pyridine rings is 1. The number of rotatable bonds is 4. The van der Waals surface area contributed by atoms with Crippen LogP contribution in [0.1, 0.15) is 33.3 Å². The number of aromatic nitrogens is 1. The molecule has 2 aromatic carbocycles. The second-order valence-corrected chi connectivity index (χ2v) is 6.85. The van der Waals surface area contributed by atoms with Crippen LogP contribution in [0, 0.1) is 6.92 Å². The number of hydrogen-bond acceptors (Lipinski definition) is 3. The van der Waals surface area contributed by atoms with Gasteiger partial charge >= 0.3 is 0 Å². The fourth-order valence-corrected chi connectivity index (χ4v) is 3.02. The van der Waals surface area contributed by atoms with E-state index < -0.39 is 0 Å². The number of nitrogens with one attached hydrogen (secondary N) is 1. The fraction of sp³-hybridized carbons (Fsp3) is 0.0952. The number of nitrogens with zero attached hydrogens (tertiary/aromatic N) is 1. The molecule has 1 aromatic heterocycles. The Balaban J connectivity index is 1.84. The van der Waals surface area contributed by atoms with E-state index in [2.05, 4.69) is 26.2 Å². The third kappa shape index (κ3) is 4.06. The Labute approximate surface area is 160 Å². The highest BCUT2D eigenvalue weighted by Crippen LogP contribution is 2.23.